The van der Waals surface area contributed by atoms with Crippen molar-refractivity contribution in [2.24, 2.45) is 0 Å². The fourth-order valence-electron chi connectivity index (χ4n) is 2.84. The Hall–Kier alpha value is -3.72. The van der Waals surface area contributed by atoms with Gasteiger partial charge in [0, 0.05) is 5.56 Å². The van der Waals surface area contributed by atoms with Gasteiger partial charge in [-0.05, 0) is 24.6 Å². The lowest BCUT2D eigenvalue weighted by molar-refractivity contribution is -0.383. The average Bonchev–Trinajstić information content (AvgIpc) is 2.67. The average molecular weight is 345 g/mol. The van der Waals surface area contributed by atoms with Gasteiger partial charge in [-0.2, -0.15) is 5.26 Å². The molecule has 0 amide bonds. The molecular weight excluding hydrogens is 330 g/mol. The Balaban J connectivity index is 2.38. The second-order valence-corrected chi connectivity index (χ2v) is 5.61. The summed E-state index contributed by atoms with van der Waals surface area (Å²) in [5.41, 5.74) is 2.18. The van der Waals surface area contributed by atoms with E-state index in [1.165, 1.54) is 0 Å². The molecule has 2 aromatic carbocycles. The van der Waals surface area contributed by atoms with Crippen molar-refractivity contribution in [1.82, 2.24) is 4.98 Å². The van der Waals surface area contributed by atoms with Crippen molar-refractivity contribution in [3.05, 3.63) is 76.0 Å². The number of hydrogen-bond donors (Lipinski definition) is 0. The molecule has 1 aromatic heterocycles. The molecule has 0 saturated carbocycles. The molecule has 3 aromatic rings. The van der Waals surface area contributed by atoms with Crippen LogP contribution in [0.1, 0.15) is 11.3 Å². The van der Waals surface area contributed by atoms with Crippen molar-refractivity contribution in [2.45, 2.75) is 6.92 Å². The summed E-state index contributed by atoms with van der Waals surface area (Å²) in [5, 5.41) is 21.5. The summed E-state index contributed by atoms with van der Waals surface area (Å²) in [6.07, 6.45) is 0. The number of pyridine rings is 1. The summed E-state index contributed by atoms with van der Waals surface area (Å²) >= 11 is 0. The topological polar surface area (TPSA) is 89.0 Å². The number of aryl methyl sites for hydroxylation is 1. The molecule has 3 rings (SSSR count). The zero-order valence-electron chi connectivity index (χ0n) is 14.3. The molecule has 26 heavy (non-hydrogen) atoms. The van der Waals surface area contributed by atoms with Gasteiger partial charge < -0.3 is 4.74 Å². The Bertz CT molecular complexity index is 1010. The molecule has 0 spiro atoms. The lowest BCUT2D eigenvalue weighted by atomic mass is 9.94. The van der Waals surface area contributed by atoms with E-state index in [-0.39, 0.29) is 22.5 Å². The maximum Gasteiger partial charge on any atom is 0.304 e. The van der Waals surface area contributed by atoms with Gasteiger partial charge in [0.1, 0.15) is 17.5 Å². The smallest absolute Gasteiger partial charge is 0.304 e. The normalized spacial score (nSPS) is 10.2. The molecule has 6 nitrogen and oxygen atoms in total. The van der Waals surface area contributed by atoms with Crippen LogP contribution in [-0.2, 0) is 0 Å². The minimum Gasteiger partial charge on any atom is -0.497 e. The van der Waals surface area contributed by atoms with Crippen LogP contribution in [0.5, 0.6) is 5.75 Å². The van der Waals surface area contributed by atoms with E-state index in [1.807, 2.05) is 6.07 Å². The van der Waals surface area contributed by atoms with Crippen LogP contribution >= 0.6 is 0 Å². The van der Waals surface area contributed by atoms with Crippen LogP contribution in [0.25, 0.3) is 22.4 Å². The number of rotatable bonds is 4. The zero-order chi connectivity index (χ0) is 18.7. The standard InChI is InChI=1S/C20H15N3O3/c1-13-17(12-21)18(14-8-10-16(26-2)11-9-14)20(23(24)25)19(22-13)15-6-4-3-5-7-15/h3-11H,1-2H3. The molecule has 0 aliphatic rings. The number of nitro groups is 1. The van der Waals surface area contributed by atoms with Gasteiger partial charge >= 0.3 is 5.69 Å². The van der Waals surface area contributed by atoms with Crippen molar-refractivity contribution in [3.63, 3.8) is 0 Å². The van der Waals surface area contributed by atoms with Crippen molar-refractivity contribution >= 4 is 5.69 Å². The Kier molecular flexibility index (Phi) is 4.63. The number of aromatic nitrogens is 1. The summed E-state index contributed by atoms with van der Waals surface area (Å²) in [4.78, 5) is 15.8. The lowest BCUT2D eigenvalue weighted by Crippen LogP contribution is -2.03. The number of methoxy groups -OCH3 is 1. The third-order valence-corrected chi connectivity index (χ3v) is 4.07. The molecule has 128 valence electrons. The highest BCUT2D eigenvalue weighted by Gasteiger charge is 2.28. The quantitative estimate of drug-likeness (QED) is 0.512. The van der Waals surface area contributed by atoms with Gasteiger partial charge in [0.05, 0.1) is 28.9 Å². The van der Waals surface area contributed by atoms with Gasteiger partial charge in [0.2, 0.25) is 0 Å². The van der Waals surface area contributed by atoms with Crippen LogP contribution < -0.4 is 4.74 Å². The third-order valence-electron chi connectivity index (χ3n) is 4.07. The number of ether oxygens (including phenoxy) is 1. The van der Waals surface area contributed by atoms with Crippen LogP contribution in [0.15, 0.2) is 54.6 Å². The summed E-state index contributed by atoms with van der Waals surface area (Å²) in [6, 6.07) is 17.8. The molecule has 6 heteroatoms. The second-order valence-electron chi connectivity index (χ2n) is 5.61. The first-order valence-electron chi connectivity index (χ1n) is 7.85. The monoisotopic (exact) mass is 345 g/mol. The van der Waals surface area contributed by atoms with Crippen molar-refractivity contribution in [3.8, 4) is 34.2 Å². The Morgan fingerprint density at radius 3 is 2.27 bits per heavy atom. The predicted molar refractivity (Wildman–Crippen MR) is 97.8 cm³/mol. The van der Waals surface area contributed by atoms with E-state index in [4.69, 9.17) is 4.74 Å². The largest absolute Gasteiger partial charge is 0.497 e. The van der Waals surface area contributed by atoms with Crippen LogP contribution in [-0.4, -0.2) is 17.0 Å². The van der Waals surface area contributed by atoms with Crippen LogP contribution in [0.3, 0.4) is 0 Å². The fraction of sp³-hybridized carbons (Fsp3) is 0.100. The van der Waals surface area contributed by atoms with Crippen LogP contribution in [0, 0.1) is 28.4 Å². The van der Waals surface area contributed by atoms with Gasteiger partial charge in [-0.25, -0.2) is 4.98 Å². The second kappa shape index (κ2) is 7.03. The highest BCUT2D eigenvalue weighted by atomic mass is 16.6. The summed E-state index contributed by atoms with van der Waals surface area (Å²) < 4.78 is 5.14. The Labute approximate surface area is 150 Å². The van der Waals surface area contributed by atoms with Gasteiger partial charge in [-0.1, -0.05) is 42.5 Å². The molecular formula is C20H15N3O3. The van der Waals surface area contributed by atoms with E-state index in [0.29, 0.717) is 22.6 Å². The lowest BCUT2D eigenvalue weighted by Gasteiger charge is -2.12. The molecule has 0 saturated heterocycles. The van der Waals surface area contributed by atoms with E-state index in [0.717, 1.165) is 0 Å². The molecule has 0 atom stereocenters. The molecule has 0 unspecified atom stereocenters. The van der Waals surface area contributed by atoms with Crippen molar-refractivity contribution in [2.75, 3.05) is 7.11 Å². The van der Waals surface area contributed by atoms with Gasteiger partial charge in [-0.15, -0.1) is 0 Å². The first-order valence-corrected chi connectivity index (χ1v) is 7.85. The van der Waals surface area contributed by atoms with E-state index in [9.17, 15) is 15.4 Å². The summed E-state index contributed by atoms with van der Waals surface area (Å²) in [6.45, 7) is 1.68. The minimum absolute atomic E-state index is 0.177. The number of nitrogens with zero attached hydrogens (tertiary/aromatic N) is 3. The van der Waals surface area contributed by atoms with Gasteiger partial charge in [-0.3, -0.25) is 10.1 Å². The highest BCUT2D eigenvalue weighted by molar-refractivity contribution is 5.88. The third kappa shape index (κ3) is 2.98. The molecule has 1 heterocycles. The molecule has 0 N–H and O–H groups in total. The first-order chi connectivity index (χ1) is 12.6. The highest BCUT2D eigenvalue weighted by Crippen LogP contribution is 2.41. The number of nitriles is 1. The predicted octanol–water partition coefficient (Wildman–Crippen LogP) is 4.51. The van der Waals surface area contributed by atoms with E-state index in [1.54, 1.807) is 62.6 Å². The molecule has 0 aliphatic carbocycles. The first kappa shape index (κ1) is 17.1. The molecule has 0 aliphatic heterocycles. The summed E-state index contributed by atoms with van der Waals surface area (Å²) in [5.74, 6) is 0.629. The molecule has 0 bridgehead atoms. The Morgan fingerprint density at radius 1 is 1.08 bits per heavy atom. The van der Waals surface area contributed by atoms with Crippen molar-refractivity contribution < 1.29 is 9.66 Å². The number of hydrogen-bond acceptors (Lipinski definition) is 5. The van der Waals surface area contributed by atoms with Crippen molar-refractivity contribution in [1.29, 1.82) is 5.26 Å². The molecule has 0 radical (unpaired) electrons. The Morgan fingerprint density at radius 2 is 1.73 bits per heavy atom. The van der Waals surface area contributed by atoms with E-state index in [2.05, 4.69) is 11.1 Å². The maximum atomic E-state index is 11.9. The summed E-state index contributed by atoms with van der Waals surface area (Å²) in [7, 11) is 1.54. The zero-order valence-corrected chi connectivity index (χ0v) is 14.3. The van der Waals surface area contributed by atoms with Crippen LogP contribution in [0.4, 0.5) is 5.69 Å². The van der Waals surface area contributed by atoms with E-state index < -0.39 is 4.92 Å². The van der Waals surface area contributed by atoms with Crippen LogP contribution in [0.2, 0.25) is 0 Å². The minimum atomic E-state index is -0.477. The van der Waals surface area contributed by atoms with E-state index >= 15 is 0 Å². The van der Waals surface area contributed by atoms with Gasteiger partial charge in [0.25, 0.3) is 0 Å². The fourth-order valence-corrected chi connectivity index (χ4v) is 2.84. The maximum absolute atomic E-state index is 11.9. The SMILES string of the molecule is COc1ccc(-c2c(C#N)c(C)nc(-c3ccccc3)c2[N+](=O)[O-])cc1. The number of benzene rings is 2. The molecule has 0 fully saturated rings. The van der Waals surface area contributed by atoms with Gasteiger partial charge in [0.15, 0.2) is 0 Å².